The SMILES string of the molecule is COc1cccc2c(NCC(O)C(F)(F)F)nccc12. The average Bonchev–Trinajstić information content (AvgIpc) is 2.42. The van der Waals surface area contributed by atoms with Gasteiger partial charge in [-0.15, -0.1) is 0 Å². The Morgan fingerprint density at radius 1 is 1.30 bits per heavy atom. The van der Waals surface area contributed by atoms with E-state index in [4.69, 9.17) is 9.84 Å². The van der Waals surface area contributed by atoms with E-state index in [1.807, 2.05) is 0 Å². The number of fused-ring (bicyclic) bond motifs is 1. The Hall–Kier alpha value is -2.02. The third-order valence-corrected chi connectivity index (χ3v) is 2.83. The minimum Gasteiger partial charge on any atom is -0.496 e. The van der Waals surface area contributed by atoms with Gasteiger partial charge in [0.15, 0.2) is 6.10 Å². The fourth-order valence-corrected chi connectivity index (χ4v) is 1.81. The molecule has 7 heteroatoms. The molecule has 0 saturated heterocycles. The molecule has 1 aromatic heterocycles. The Bertz CT molecular complexity index is 602. The molecule has 0 radical (unpaired) electrons. The molecule has 20 heavy (non-hydrogen) atoms. The topological polar surface area (TPSA) is 54.4 Å². The molecule has 2 N–H and O–H groups in total. The molecule has 0 aliphatic carbocycles. The van der Waals surface area contributed by atoms with Gasteiger partial charge in [-0.1, -0.05) is 12.1 Å². The number of benzene rings is 1. The summed E-state index contributed by atoms with van der Waals surface area (Å²) in [6.07, 6.45) is -5.63. The lowest BCUT2D eigenvalue weighted by Crippen LogP contribution is -2.35. The van der Waals surface area contributed by atoms with E-state index >= 15 is 0 Å². The van der Waals surface area contributed by atoms with E-state index in [1.54, 1.807) is 24.3 Å². The van der Waals surface area contributed by atoms with E-state index in [2.05, 4.69) is 10.3 Å². The van der Waals surface area contributed by atoms with Crippen LogP contribution in [-0.2, 0) is 0 Å². The van der Waals surface area contributed by atoms with Crippen molar-refractivity contribution < 1.29 is 23.0 Å². The van der Waals surface area contributed by atoms with Crippen LogP contribution in [0, 0.1) is 0 Å². The summed E-state index contributed by atoms with van der Waals surface area (Å²) < 4.78 is 41.9. The van der Waals surface area contributed by atoms with E-state index in [1.165, 1.54) is 13.3 Å². The zero-order valence-electron chi connectivity index (χ0n) is 10.6. The number of methoxy groups -OCH3 is 1. The summed E-state index contributed by atoms with van der Waals surface area (Å²) in [5.41, 5.74) is 0. The number of ether oxygens (including phenoxy) is 1. The number of nitrogens with one attached hydrogen (secondary N) is 1. The molecule has 1 aromatic carbocycles. The van der Waals surface area contributed by atoms with Crippen LogP contribution in [0.4, 0.5) is 19.0 Å². The first-order valence-corrected chi connectivity index (χ1v) is 5.84. The van der Waals surface area contributed by atoms with Crippen molar-refractivity contribution >= 4 is 16.6 Å². The molecule has 2 rings (SSSR count). The second-order valence-electron chi connectivity index (χ2n) is 4.15. The van der Waals surface area contributed by atoms with Crippen molar-refractivity contribution in [2.45, 2.75) is 12.3 Å². The van der Waals surface area contributed by atoms with Gasteiger partial charge < -0.3 is 15.2 Å². The first kappa shape index (κ1) is 14.4. The van der Waals surface area contributed by atoms with Crippen LogP contribution in [0.15, 0.2) is 30.5 Å². The number of pyridine rings is 1. The highest BCUT2D eigenvalue weighted by molar-refractivity contribution is 5.95. The highest BCUT2D eigenvalue weighted by Crippen LogP contribution is 2.29. The highest BCUT2D eigenvalue weighted by Gasteiger charge is 2.37. The number of alkyl halides is 3. The normalized spacial score (nSPS) is 13.2. The molecule has 108 valence electrons. The van der Waals surface area contributed by atoms with Gasteiger partial charge in [0, 0.05) is 17.0 Å². The molecule has 1 atom stereocenters. The van der Waals surface area contributed by atoms with E-state index in [0.717, 1.165) is 5.39 Å². The number of nitrogens with zero attached hydrogens (tertiary/aromatic N) is 1. The third-order valence-electron chi connectivity index (χ3n) is 2.83. The predicted octanol–water partition coefficient (Wildman–Crippen LogP) is 2.58. The van der Waals surface area contributed by atoms with Crippen LogP contribution in [0.5, 0.6) is 5.75 Å². The zero-order valence-corrected chi connectivity index (χ0v) is 10.6. The number of aliphatic hydroxyl groups excluding tert-OH is 1. The minimum absolute atomic E-state index is 0.268. The Morgan fingerprint density at radius 3 is 2.70 bits per heavy atom. The standard InChI is InChI=1S/C13H13F3N2O2/c1-20-10-4-2-3-9-8(10)5-6-17-12(9)18-7-11(19)13(14,15)16/h2-6,11,19H,7H2,1H3,(H,17,18). The molecule has 0 bridgehead atoms. The predicted molar refractivity (Wildman–Crippen MR) is 68.8 cm³/mol. The van der Waals surface area contributed by atoms with Crippen LogP contribution in [0.3, 0.4) is 0 Å². The van der Waals surface area contributed by atoms with Gasteiger partial charge in [0.25, 0.3) is 0 Å². The Morgan fingerprint density at radius 2 is 2.05 bits per heavy atom. The summed E-state index contributed by atoms with van der Waals surface area (Å²) >= 11 is 0. The smallest absolute Gasteiger partial charge is 0.416 e. The molecule has 1 heterocycles. The second kappa shape index (κ2) is 5.54. The fourth-order valence-electron chi connectivity index (χ4n) is 1.81. The van der Waals surface area contributed by atoms with Gasteiger partial charge in [0.05, 0.1) is 13.7 Å². The summed E-state index contributed by atoms with van der Waals surface area (Å²) in [5.74, 6) is 0.869. The number of aromatic nitrogens is 1. The van der Waals surface area contributed by atoms with E-state index < -0.39 is 18.8 Å². The average molecular weight is 286 g/mol. The lowest BCUT2D eigenvalue weighted by atomic mass is 10.1. The third kappa shape index (κ3) is 2.93. The number of anilines is 1. The van der Waals surface area contributed by atoms with Crippen LogP contribution in [-0.4, -0.2) is 36.0 Å². The molecule has 0 saturated carbocycles. The van der Waals surface area contributed by atoms with Gasteiger partial charge in [0.2, 0.25) is 0 Å². The molecule has 2 aromatic rings. The largest absolute Gasteiger partial charge is 0.496 e. The Balaban J connectivity index is 2.27. The molecule has 0 amide bonds. The van der Waals surface area contributed by atoms with Gasteiger partial charge in [-0.2, -0.15) is 13.2 Å². The van der Waals surface area contributed by atoms with Gasteiger partial charge in [-0.3, -0.25) is 0 Å². The molecular formula is C13H13F3N2O2. The number of hydrogen-bond acceptors (Lipinski definition) is 4. The van der Waals surface area contributed by atoms with Gasteiger partial charge in [0.1, 0.15) is 11.6 Å². The number of hydrogen-bond donors (Lipinski definition) is 2. The fraction of sp³-hybridized carbons (Fsp3) is 0.308. The second-order valence-corrected chi connectivity index (χ2v) is 4.15. The van der Waals surface area contributed by atoms with Crippen molar-refractivity contribution in [1.29, 1.82) is 0 Å². The number of halogens is 3. The van der Waals surface area contributed by atoms with Crippen molar-refractivity contribution in [2.24, 2.45) is 0 Å². The summed E-state index contributed by atoms with van der Waals surface area (Å²) in [6.45, 7) is -0.660. The maximum absolute atomic E-state index is 12.3. The van der Waals surface area contributed by atoms with Crippen molar-refractivity contribution in [2.75, 3.05) is 19.0 Å². The summed E-state index contributed by atoms with van der Waals surface area (Å²) in [6, 6.07) is 6.89. The van der Waals surface area contributed by atoms with Crippen molar-refractivity contribution in [3.8, 4) is 5.75 Å². The Kier molecular flexibility index (Phi) is 3.99. The quantitative estimate of drug-likeness (QED) is 0.907. The van der Waals surface area contributed by atoms with Crippen LogP contribution in [0.25, 0.3) is 10.8 Å². The lowest BCUT2D eigenvalue weighted by Gasteiger charge is -2.16. The van der Waals surface area contributed by atoms with E-state index in [0.29, 0.717) is 11.1 Å². The summed E-state index contributed by atoms with van der Waals surface area (Å²) in [7, 11) is 1.51. The number of aliphatic hydroxyl groups is 1. The van der Waals surface area contributed by atoms with Crippen LogP contribution < -0.4 is 10.1 Å². The minimum atomic E-state index is -4.66. The molecule has 0 spiro atoms. The van der Waals surface area contributed by atoms with Gasteiger partial charge in [-0.25, -0.2) is 4.98 Å². The lowest BCUT2D eigenvalue weighted by molar-refractivity contribution is -0.198. The highest BCUT2D eigenvalue weighted by atomic mass is 19.4. The molecule has 0 fully saturated rings. The van der Waals surface area contributed by atoms with Crippen LogP contribution >= 0.6 is 0 Å². The zero-order chi connectivity index (χ0) is 14.8. The first-order valence-electron chi connectivity index (χ1n) is 5.84. The monoisotopic (exact) mass is 286 g/mol. The summed E-state index contributed by atoms with van der Waals surface area (Å²) in [4.78, 5) is 3.99. The maximum Gasteiger partial charge on any atom is 0.416 e. The van der Waals surface area contributed by atoms with E-state index in [-0.39, 0.29) is 5.82 Å². The molecular weight excluding hydrogens is 273 g/mol. The van der Waals surface area contributed by atoms with Crippen LogP contribution in [0.2, 0.25) is 0 Å². The van der Waals surface area contributed by atoms with Gasteiger partial charge in [-0.05, 0) is 12.1 Å². The number of rotatable bonds is 4. The molecule has 0 aliphatic rings. The molecule has 4 nitrogen and oxygen atoms in total. The molecule has 1 unspecified atom stereocenters. The van der Waals surface area contributed by atoms with Gasteiger partial charge >= 0.3 is 6.18 Å². The maximum atomic E-state index is 12.3. The molecule has 0 aliphatic heterocycles. The van der Waals surface area contributed by atoms with Crippen molar-refractivity contribution in [3.63, 3.8) is 0 Å². The Labute approximate surface area is 113 Å². The van der Waals surface area contributed by atoms with Crippen molar-refractivity contribution in [1.82, 2.24) is 4.98 Å². The van der Waals surface area contributed by atoms with Crippen LogP contribution in [0.1, 0.15) is 0 Å². The summed E-state index contributed by atoms with van der Waals surface area (Å²) in [5, 5.41) is 12.8. The first-order chi connectivity index (χ1) is 9.43. The van der Waals surface area contributed by atoms with E-state index in [9.17, 15) is 13.2 Å². The van der Waals surface area contributed by atoms with Crippen molar-refractivity contribution in [3.05, 3.63) is 30.5 Å².